The number of nitrogens with one attached hydrogen (secondary N) is 1. The van der Waals surface area contributed by atoms with Crippen LogP contribution in [-0.2, 0) is 4.79 Å². The predicted molar refractivity (Wildman–Crippen MR) is 64.9 cm³/mol. The molecule has 0 unspecified atom stereocenters. The summed E-state index contributed by atoms with van der Waals surface area (Å²) in [4.78, 5) is 13.4. The lowest BCUT2D eigenvalue weighted by molar-refractivity contribution is -0.129. The molecule has 0 atom stereocenters. The van der Waals surface area contributed by atoms with Crippen LogP contribution in [0.2, 0.25) is 0 Å². The normalized spacial score (nSPS) is 10.7. The van der Waals surface area contributed by atoms with Gasteiger partial charge in [0.1, 0.15) is 0 Å². The number of carbonyl (C=O) groups is 1. The highest BCUT2D eigenvalue weighted by atomic mass is 16.2. The molecule has 1 amide bonds. The van der Waals surface area contributed by atoms with Gasteiger partial charge in [-0.3, -0.25) is 4.79 Å². The molecule has 0 saturated heterocycles. The van der Waals surface area contributed by atoms with Crippen molar-refractivity contribution in [3.8, 4) is 0 Å². The third-order valence-corrected chi connectivity index (χ3v) is 2.45. The number of nitrogens with zero attached hydrogens (tertiary/aromatic N) is 1. The number of hydrogen-bond acceptors (Lipinski definition) is 2. The first-order valence-corrected chi connectivity index (χ1v) is 6.02. The second-order valence-corrected chi connectivity index (χ2v) is 4.53. The molecular formula is C12H26N2O. The van der Waals surface area contributed by atoms with E-state index in [-0.39, 0.29) is 5.91 Å². The average molecular weight is 214 g/mol. The van der Waals surface area contributed by atoms with Gasteiger partial charge in [-0.2, -0.15) is 0 Å². The van der Waals surface area contributed by atoms with E-state index in [4.69, 9.17) is 0 Å². The van der Waals surface area contributed by atoms with Crippen LogP contribution in [0.15, 0.2) is 0 Å². The molecule has 0 radical (unpaired) electrons. The maximum atomic E-state index is 11.6. The maximum absolute atomic E-state index is 11.6. The van der Waals surface area contributed by atoms with Gasteiger partial charge in [0.05, 0.1) is 6.54 Å². The molecule has 0 spiro atoms. The fraction of sp³-hybridized carbons (Fsp3) is 0.917. The minimum absolute atomic E-state index is 0.201. The Morgan fingerprint density at radius 3 is 2.60 bits per heavy atom. The van der Waals surface area contributed by atoms with Crippen molar-refractivity contribution in [3.05, 3.63) is 0 Å². The highest BCUT2D eigenvalue weighted by Crippen LogP contribution is 1.96. The SMILES string of the molecule is CCCCN(C)C(=O)CNCCC(C)C. The molecule has 0 aromatic heterocycles. The van der Waals surface area contributed by atoms with Crippen LogP contribution in [0, 0.1) is 5.92 Å². The smallest absolute Gasteiger partial charge is 0.236 e. The minimum atomic E-state index is 0.201. The Balaban J connectivity index is 3.47. The Hall–Kier alpha value is -0.570. The molecule has 3 nitrogen and oxygen atoms in total. The van der Waals surface area contributed by atoms with Crippen LogP contribution in [0.1, 0.15) is 40.0 Å². The lowest BCUT2D eigenvalue weighted by Crippen LogP contribution is -2.36. The van der Waals surface area contributed by atoms with Crippen LogP contribution in [0.25, 0.3) is 0 Å². The van der Waals surface area contributed by atoms with Crippen molar-refractivity contribution in [2.75, 3.05) is 26.7 Å². The first-order chi connectivity index (χ1) is 7.07. The second kappa shape index (κ2) is 8.72. The summed E-state index contributed by atoms with van der Waals surface area (Å²) < 4.78 is 0. The summed E-state index contributed by atoms with van der Waals surface area (Å²) in [6, 6.07) is 0. The summed E-state index contributed by atoms with van der Waals surface area (Å²) >= 11 is 0. The maximum Gasteiger partial charge on any atom is 0.236 e. The van der Waals surface area contributed by atoms with E-state index in [0.717, 1.165) is 32.4 Å². The standard InChI is InChI=1S/C12H26N2O/c1-5-6-9-14(4)12(15)10-13-8-7-11(2)3/h11,13H,5-10H2,1-4H3. The molecular weight excluding hydrogens is 188 g/mol. The van der Waals surface area contributed by atoms with Crippen molar-refractivity contribution in [3.63, 3.8) is 0 Å². The molecule has 15 heavy (non-hydrogen) atoms. The zero-order valence-electron chi connectivity index (χ0n) is 10.7. The number of amides is 1. The van der Waals surface area contributed by atoms with Crippen molar-refractivity contribution in [2.24, 2.45) is 5.92 Å². The molecule has 0 aliphatic carbocycles. The van der Waals surface area contributed by atoms with Gasteiger partial charge in [-0.05, 0) is 25.3 Å². The molecule has 0 fully saturated rings. The number of hydrogen-bond donors (Lipinski definition) is 1. The zero-order chi connectivity index (χ0) is 11.7. The van der Waals surface area contributed by atoms with Crippen LogP contribution in [0.3, 0.4) is 0 Å². The summed E-state index contributed by atoms with van der Waals surface area (Å²) in [7, 11) is 1.88. The Bertz CT molecular complexity index is 169. The molecule has 1 N–H and O–H groups in total. The third-order valence-electron chi connectivity index (χ3n) is 2.45. The molecule has 0 saturated carbocycles. The third kappa shape index (κ3) is 8.43. The number of carbonyl (C=O) groups excluding carboxylic acids is 1. The summed E-state index contributed by atoms with van der Waals surface area (Å²) in [6.45, 7) is 8.81. The lowest BCUT2D eigenvalue weighted by Gasteiger charge is -2.17. The van der Waals surface area contributed by atoms with E-state index in [1.165, 1.54) is 0 Å². The highest BCUT2D eigenvalue weighted by molar-refractivity contribution is 5.77. The number of unbranched alkanes of at least 4 members (excludes halogenated alkanes) is 1. The molecule has 0 aromatic carbocycles. The van der Waals surface area contributed by atoms with Crippen LogP contribution in [-0.4, -0.2) is 37.5 Å². The van der Waals surface area contributed by atoms with Crippen molar-refractivity contribution < 1.29 is 4.79 Å². The van der Waals surface area contributed by atoms with E-state index in [1.54, 1.807) is 0 Å². The van der Waals surface area contributed by atoms with Gasteiger partial charge < -0.3 is 10.2 Å². The summed E-state index contributed by atoms with van der Waals surface area (Å²) in [5.41, 5.74) is 0. The Morgan fingerprint density at radius 2 is 2.07 bits per heavy atom. The van der Waals surface area contributed by atoms with E-state index < -0.39 is 0 Å². The minimum Gasteiger partial charge on any atom is -0.345 e. The monoisotopic (exact) mass is 214 g/mol. The Labute approximate surface area is 94.2 Å². The summed E-state index contributed by atoms with van der Waals surface area (Å²) in [6.07, 6.45) is 3.36. The van der Waals surface area contributed by atoms with Crippen LogP contribution in [0.4, 0.5) is 0 Å². The zero-order valence-corrected chi connectivity index (χ0v) is 10.7. The molecule has 0 rings (SSSR count). The second-order valence-electron chi connectivity index (χ2n) is 4.53. The van der Waals surface area contributed by atoms with Gasteiger partial charge in [0, 0.05) is 13.6 Å². The average Bonchev–Trinajstić information content (AvgIpc) is 2.20. The molecule has 3 heteroatoms. The Kier molecular flexibility index (Phi) is 8.38. The number of rotatable bonds is 8. The first-order valence-electron chi connectivity index (χ1n) is 6.02. The van der Waals surface area contributed by atoms with Crippen LogP contribution in [0.5, 0.6) is 0 Å². The molecule has 0 aliphatic heterocycles. The number of likely N-dealkylation sites (N-methyl/N-ethyl adjacent to an activating group) is 1. The van der Waals surface area contributed by atoms with E-state index in [2.05, 4.69) is 26.1 Å². The van der Waals surface area contributed by atoms with Crippen molar-refractivity contribution in [2.45, 2.75) is 40.0 Å². The van der Waals surface area contributed by atoms with Gasteiger partial charge in [-0.25, -0.2) is 0 Å². The molecule has 0 aromatic rings. The van der Waals surface area contributed by atoms with E-state index >= 15 is 0 Å². The fourth-order valence-corrected chi connectivity index (χ4v) is 1.24. The highest BCUT2D eigenvalue weighted by Gasteiger charge is 2.06. The van der Waals surface area contributed by atoms with Crippen molar-refractivity contribution >= 4 is 5.91 Å². The molecule has 0 heterocycles. The summed E-state index contributed by atoms with van der Waals surface area (Å²) in [5.74, 6) is 0.901. The van der Waals surface area contributed by atoms with Crippen molar-refractivity contribution in [1.82, 2.24) is 10.2 Å². The van der Waals surface area contributed by atoms with Gasteiger partial charge in [-0.1, -0.05) is 27.2 Å². The lowest BCUT2D eigenvalue weighted by atomic mass is 10.1. The van der Waals surface area contributed by atoms with E-state index in [9.17, 15) is 4.79 Å². The van der Waals surface area contributed by atoms with Gasteiger partial charge in [0.15, 0.2) is 0 Å². The van der Waals surface area contributed by atoms with Gasteiger partial charge in [0.25, 0.3) is 0 Å². The van der Waals surface area contributed by atoms with Crippen LogP contribution < -0.4 is 5.32 Å². The quantitative estimate of drug-likeness (QED) is 0.626. The molecule has 0 aliphatic rings. The predicted octanol–water partition coefficient (Wildman–Crippen LogP) is 1.88. The van der Waals surface area contributed by atoms with Crippen molar-refractivity contribution in [1.29, 1.82) is 0 Å². The van der Waals surface area contributed by atoms with Gasteiger partial charge in [0.2, 0.25) is 5.91 Å². The molecule has 0 bridgehead atoms. The van der Waals surface area contributed by atoms with Crippen LogP contribution >= 0.6 is 0 Å². The van der Waals surface area contributed by atoms with E-state index in [1.807, 2.05) is 11.9 Å². The fourth-order valence-electron chi connectivity index (χ4n) is 1.24. The summed E-state index contributed by atoms with van der Waals surface area (Å²) in [5, 5.41) is 3.18. The van der Waals surface area contributed by atoms with Gasteiger partial charge >= 0.3 is 0 Å². The topological polar surface area (TPSA) is 32.3 Å². The largest absolute Gasteiger partial charge is 0.345 e. The van der Waals surface area contributed by atoms with E-state index in [0.29, 0.717) is 12.5 Å². The Morgan fingerprint density at radius 1 is 1.40 bits per heavy atom. The molecule has 90 valence electrons. The first kappa shape index (κ1) is 14.4. The van der Waals surface area contributed by atoms with Gasteiger partial charge in [-0.15, -0.1) is 0 Å².